The molecule has 0 rings (SSSR count). The molecule has 0 aliphatic carbocycles. The Hall–Kier alpha value is -0.590. The second-order valence-electron chi connectivity index (χ2n) is 4.62. The molecule has 2 atom stereocenters. The van der Waals surface area contributed by atoms with Gasteiger partial charge in [0, 0.05) is 5.92 Å². The molecule has 0 aromatic heterocycles. The Morgan fingerprint density at radius 2 is 1.73 bits per heavy atom. The Labute approximate surface area is 95.0 Å². The predicted octanol–water partition coefficient (Wildman–Crippen LogP) is 4.37. The van der Waals surface area contributed by atoms with Crippen molar-refractivity contribution in [1.29, 1.82) is 0 Å². The van der Waals surface area contributed by atoms with Crippen LogP contribution in [0.1, 0.15) is 59.8 Å². The SMILES string of the molecule is CCCC(C)CC=CC(=O)C(C)CCC. The predicted molar refractivity (Wildman–Crippen MR) is 66.9 cm³/mol. The molecule has 0 saturated carbocycles. The van der Waals surface area contributed by atoms with Gasteiger partial charge >= 0.3 is 0 Å². The van der Waals surface area contributed by atoms with Gasteiger partial charge in [-0.1, -0.05) is 53.0 Å². The standard InChI is InChI=1S/C14H26O/c1-5-8-12(3)10-7-11-14(15)13(4)9-6-2/h7,11-13H,5-6,8-10H2,1-4H3. The number of carbonyl (C=O) groups is 1. The molecule has 0 N–H and O–H groups in total. The fraction of sp³-hybridized carbons (Fsp3) is 0.786. The van der Waals surface area contributed by atoms with Gasteiger partial charge in [-0.15, -0.1) is 0 Å². The Morgan fingerprint density at radius 3 is 2.27 bits per heavy atom. The van der Waals surface area contributed by atoms with E-state index in [9.17, 15) is 4.79 Å². The third kappa shape index (κ3) is 7.35. The highest BCUT2D eigenvalue weighted by atomic mass is 16.1. The Balaban J connectivity index is 3.80. The first-order valence-electron chi connectivity index (χ1n) is 6.32. The van der Waals surface area contributed by atoms with Gasteiger partial charge in [0.2, 0.25) is 0 Å². The molecule has 0 heterocycles. The van der Waals surface area contributed by atoms with Crippen molar-refractivity contribution in [3.05, 3.63) is 12.2 Å². The summed E-state index contributed by atoms with van der Waals surface area (Å²) < 4.78 is 0. The van der Waals surface area contributed by atoms with Crippen LogP contribution < -0.4 is 0 Å². The van der Waals surface area contributed by atoms with Crippen LogP contribution >= 0.6 is 0 Å². The molecule has 0 spiro atoms. The van der Waals surface area contributed by atoms with Gasteiger partial charge in [0.1, 0.15) is 0 Å². The van der Waals surface area contributed by atoms with Crippen molar-refractivity contribution in [1.82, 2.24) is 0 Å². The van der Waals surface area contributed by atoms with E-state index in [1.54, 1.807) is 6.08 Å². The van der Waals surface area contributed by atoms with Crippen LogP contribution in [0.15, 0.2) is 12.2 Å². The van der Waals surface area contributed by atoms with E-state index in [-0.39, 0.29) is 5.92 Å². The van der Waals surface area contributed by atoms with E-state index in [0.717, 1.165) is 19.3 Å². The summed E-state index contributed by atoms with van der Waals surface area (Å²) in [6, 6.07) is 0. The third-order valence-corrected chi connectivity index (χ3v) is 2.81. The fourth-order valence-electron chi connectivity index (χ4n) is 1.77. The topological polar surface area (TPSA) is 17.1 Å². The highest BCUT2D eigenvalue weighted by molar-refractivity contribution is 5.91. The number of rotatable bonds is 8. The van der Waals surface area contributed by atoms with E-state index < -0.39 is 0 Å². The van der Waals surface area contributed by atoms with Gasteiger partial charge in [0.25, 0.3) is 0 Å². The molecule has 1 nitrogen and oxygen atoms in total. The van der Waals surface area contributed by atoms with Gasteiger partial charge in [0.15, 0.2) is 5.78 Å². The average molecular weight is 210 g/mol. The molecule has 0 saturated heterocycles. The van der Waals surface area contributed by atoms with Crippen LogP contribution in [0, 0.1) is 11.8 Å². The van der Waals surface area contributed by atoms with Gasteiger partial charge in [0.05, 0.1) is 0 Å². The number of carbonyl (C=O) groups excluding carboxylic acids is 1. The Kier molecular flexibility index (Phi) is 8.35. The van der Waals surface area contributed by atoms with Crippen LogP contribution in [0.3, 0.4) is 0 Å². The molecule has 0 aliphatic rings. The van der Waals surface area contributed by atoms with Crippen molar-refractivity contribution in [3.8, 4) is 0 Å². The molecule has 0 bridgehead atoms. The van der Waals surface area contributed by atoms with Gasteiger partial charge in [-0.2, -0.15) is 0 Å². The van der Waals surface area contributed by atoms with Crippen LogP contribution in [-0.2, 0) is 4.79 Å². The molecule has 15 heavy (non-hydrogen) atoms. The number of allylic oxidation sites excluding steroid dienone is 2. The second kappa shape index (κ2) is 8.70. The normalized spacial score (nSPS) is 15.5. The van der Waals surface area contributed by atoms with Crippen LogP contribution in [0.4, 0.5) is 0 Å². The lowest BCUT2D eigenvalue weighted by atomic mass is 9.98. The zero-order valence-electron chi connectivity index (χ0n) is 10.8. The first-order chi connectivity index (χ1) is 7.11. The maximum absolute atomic E-state index is 11.6. The molecule has 1 heteroatoms. The quantitative estimate of drug-likeness (QED) is 0.543. The third-order valence-electron chi connectivity index (χ3n) is 2.81. The van der Waals surface area contributed by atoms with Gasteiger partial charge < -0.3 is 0 Å². The summed E-state index contributed by atoms with van der Waals surface area (Å²) in [4.78, 5) is 11.6. The fourth-order valence-corrected chi connectivity index (χ4v) is 1.77. The second-order valence-corrected chi connectivity index (χ2v) is 4.62. The molecule has 0 fully saturated rings. The average Bonchev–Trinajstić information content (AvgIpc) is 2.18. The van der Waals surface area contributed by atoms with E-state index in [4.69, 9.17) is 0 Å². The summed E-state index contributed by atoms with van der Waals surface area (Å²) in [5, 5.41) is 0. The van der Waals surface area contributed by atoms with Crippen LogP contribution in [0.5, 0.6) is 0 Å². The minimum atomic E-state index is 0.202. The number of hydrogen-bond donors (Lipinski definition) is 0. The van der Waals surface area contributed by atoms with Gasteiger partial charge in [-0.25, -0.2) is 0 Å². The lowest BCUT2D eigenvalue weighted by Gasteiger charge is -2.06. The van der Waals surface area contributed by atoms with Crippen molar-refractivity contribution in [2.24, 2.45) is 11.8 Å². The summed E-state index contributed by atoms with van der Waals surface area (Å²) in [5.74, 6) is 1.20. The summed E-state index contributed by atoms with van der Waals surface area (Å²) in [6.45, 7) is 8.59. The largest absolute Gasteiger partial charge is 0.295 e. The molecule has 0 aromatic carbocycles. The first-order valence-corrected chi connectivity index (χ1v) is 6.32. The van der Waals surface area contributed by atoms with Crippen LogP contribution in [0.25, 0.3) is 0 Å². The molecule has 0 radical (unpaired) electrons. The molecule has 0 aromatic rings. The molecule has 0 aliphatic heterocycles. The van der Waals surface area contributed by atoms with Gasteiger partial charge in [-0.3, -0.25) is 4.79 Å². The Bertz CT molecular complexity index is 194. The molecular weight excluding hydrogens is 184 g/mol. The number of ketones is 1. The van der Waals surface area contributed by atoms with Crippen molar-refractivity contribution in [2.75, 3.05) is 0 Å². The zero-order valence-corrected chi connectivity index (χ0v) is 10.8. The molecule has 2 unspecified atom stereocenters. The summed E-state index contributed by atoms with van der Waals surface area (Å²) in [6.07, 6.45) is 9.46. The molecule has 88 valence electrons. The monoisotopic (exact) mass is 210 g/mol. The van der Waals surface area contributed by atoms with Gasteiger partial charge in [-0.05, 0) is 24.8 Å². The molecular formula is C14H26O. The van der Waals surface area contributed by atoms with Crippen molar-refractivity contribution >= 4 is 5.78 Å². The maximum Gasteiger partial charge on any atom is 0.158 e. The van der Waals surface area contributed by atoms with Crippen molar-refractivity contribution in [3.63, 3.8) is 0 Å². The van der Waals surface area contributed by atoms with Crippen molar-refractivity contribution < 1.29 is 4.79 Å². The summed E-state index contributed by atoms with van der Waals surface area (Å²) in [7, 11) is 0. The van der Waals surface area contributed by atoms with Crippen molar-refractivity contribution in [2.45, 2.75) is 59.8 Å². The smallest absolute Gasteiger partial charge is 0.158 e. The summed E-state index contributed by atoms with van der Waals surface area (Å²) >= 11 is 0. The number of hydrogen-bond acceptors (Lipinski definition) is 1. The molecule has 0 amide bonds. The highest BCUT2D eigenvalue weighted by Gasteiger charge is 2.07. The Morgan fingerprint density at radius 1 is 1.13 bits per heavy atom. The minimum Gasteiger partial charge on any atom is -0.295 e. The van der Waals surface area contributed by atoms with E-state index in [2.05, 4.69) is 26.8 Å². The highest BCUT2D eigenvalue weighted by Crippen LogP contribution is 2.11. The van der Waals surface area contributed by atoms with Crippen LogP contribution in [-0.4, -0.2) is 5.78 Å². The van der Waals surface area contributed by atoms with E-state index in [0.29, 0.717) is 11.7 Å². The van der Waals surface area contributed by atoms with Crippen LogP contribution in [0.2, 0.25) is 0 Å². The first kappa shape index (κ1) is 14.4. The summed E-state index contributed by atoms with van der Waals surface area (Å²) in [5.41, 5.74) is 0. The zero-order chi connectivity index (χ0) is 11.7. The lowest BCUT2D eigenvalue weighted by Crippen LogP contribution is -2.07. The maximum atomic E-state index is 11.6. The van der Waals surface area contributed by atoms with E-state index >= 15 is 0 Å². The van der Waals surface area contributed by atoms with E-state index in [1.165, 1.54) is 12.8 Å². The lowest BCUT2D eigenvalue weighted by molar-refractivity contribution is -0.117. The minimum absolute atomic E-state index is 0.202. The van der Waals surface area contributed by atoms with E-state index in [1.807, 2.05) is 6.92 Å².